The molecule has 2 aliphatic carbocycles. The summed E-state index contributed by atoms with van der Waals surface area (Å²) in [5.74, 6) is 2.77. The molecule has 82 valence electrons. The average molecular weight is 195 g/mol. The molecule has 3 atom stereocenters. The van der Waals surface area contributed by atoms with Gasteiger partial charge < -0.3 is 5.73 Å². The van der Waals surface area contributed by atoms with Crippen molar-refractivity contribution in [3.05, 3.63) is 0 Å². The molecule has 2 saturated carbocycles. The molecule has 0 radical (unpaired) electrons. The first-order valence-corrected chi connectivity index (χ1v) is 6.38. The number of rotatable bonds is 2. The van der Waals surface area contributed by atoms with Crippen molar-refractivity contribution in [3.8, 4) is 0 Å². The van der Waals surface area contributed by atoms with Crippen molar-refractivity contribution in [2.24, 2.45) is 28.9 Å². The van der Waals surface area contributed by atoms with E-state index in [-0.39, 0.29) is 0 Å². The van der Waals surface area contributed by atoms with E-state index in [1.165, 1.54) is 38.5 Å². The Balaban J connectivity index is 1.90. The molecular weight excluding hydrogens is 170 g/mol. The highest BCUT2D eigenvalue weighted by Crippen LogP contribution is 2.60. The van der Waals surface area contributed by atoms with Crippen molar-refractivity contribution in [2.75, 3.05) is 6.54 Å². The normalized spacial score (nSPS) is 42.9. The van der Waals surface area contributed by atoms with Crippen LogP contribution in [0.1, 0.15) is 52.4 Å². The van der Waals surface area contributed by atoms with Gasteiger partial charge in [0.2, 0.25) is 0 Å². The van der Waals surface area contributed by atoms with Gasteiger partial charge in [0.15, 0.2) is 0 Å². The number of hydrogen-bond acceptors (Lipinski definition) is 1. The van der Waals surface area contributed by atoms with Crippen LogP contribution in [0, 0.1) is 23.2 Å². The minimum atomic E-state index is 0.721. The summed E-state index contributed by atoms with van der Waals surface area (Å²) in [6, 6.07) is 0. The van der Waals surface area contributed by atoms with E-state index in [1.807, 2.05) is 0 Å². The van der Waals surface area contributed by atoms with E-state index in [0.717, 1.165) is 29.7 Å². The first-order valence-electron chi connectivity index (χ1n) is 6.38. The molecule has 1 heteroatoms. The SMILES string of the molecule is CC(C)C1CCCC2(CC1)CC2CN. The Kier molecular flexibility index (Phi) is 2.88. The zero-order valence-corrected chi connectivity index (χ0v) is 9.76. The van der Waals surface area contributed by atoms with Crippen LogP contribution in [0.25, 0.3) is 0 Å². The molecule has 2 N–H and O–H groups in total. The van der Waals surface area contributed by atoms with Crippen LogP contribution in [0.3, 0.4) is 0 Å². The standard InChI is InChI=1S/C13H25N/c1-10(2)11-4-3-6-13(7-5-11)8-12(13)9-14/h10-12H,3-9,14H2,1-2H3. The van der Waals surface area contributed by atoms with E-state index in [0.29, 0.717) is 0 Å². The van der Waals surface area contributed by atoms with Gasteiger partial charge in [-0.3, -0.25) is 0 Å². The molecular formula is C13H25N. The van der Waals surface area contributed by atoms with Gasteiger partial charge in [0.25, 0.3) is 0 Å². The Labute approximate surface area is 88.4 Å². The molecule has 0 saturated heterocycles. The van der Waals surface area contributed by atoms with Gasteiger partial charge in [0, 0.05) is 0 Å². The summed E-state index contributed by atoms with van der Waals surface area (Å²) >= 11 is 0. The van der Waals surface area contributed by atoms with Crippen LogP contribution in [0.15, 0.2) is 0 Å². The van der Waals surface area contributed by atoms with Crippen molar-refractivity contribution in [1.82, 2.24) is 0 Å². The van der Waals surface area contributed by atoms with Gasteiger partial charge in [-0.05, 0) is 55.4 Å². The molecule has 14 heavy (non-hydrogen) atoms. The predicted molar refractivity (Wildman–Crippen MR) is 61.0 cm³/mol. The third-order valence-electron chi connectivity index (χ3n) is 4.85. The summed E-state index contributed by atoms with van der Waals surface area (Å²) in [5.41, 5.74) is 6.51. The van der Waals surface area contributed by atoms with Crippen LogP contribution >= 0.6 is 0 Å². The van der Waals surface area contributed by atoms with E-state index < -0.39 is 0 Å². The van der Waals surface area contributed by atoms with Crippen LogP contribution in [-0.4, -0.2) is 6.54 Å². The van der Waals surface area contributed by atoms with E-state index >= 15 is 0 Å². The third-order valence-corrected chi connectivity index (χ3v) is 4.85. The lowest BCUT2D eigenvalue weighted by Gasteiger charge is -2.18. The highest BCUT2D eigenvalue weighted by atomic mass is 14.7. The minimum absolute atomic E-state index is 0.721. The van der Waals surface area contributed by atoms with Crippen molar-refractivity contribution in [3.63, 3.8) is 0 Å². The van der Waals surface area contributed by atoms with E-state index in [9.17, 15) is 0 Å². The van der Waals surface area contributed by atoms with Crippen LogP contribution in [0.5, 0.6) is 0 Å². The quantitative estimate of drug-likeness (QED) is 0.719. The first kappa shape index (κ1) is 10.5. The van der Waals surface area contributed by atoms with Gasteiger partial charge in [-0.25, -0.2) is 0 Å². The van der Waals surface area contributed by atoms with Gasteiger partial charge in [0.1, 0.15) is 0 Å². The van der Waals surface area contributed by atoms with Crippen LogP contribution < -0.4 is 5.73 Å². The lowest BCUT2D eigenvalue weighted by molar-refractivity contribution is 0.327. The van der Waals surface area contributed by atoms with Crippen molar-refractivity contribution >= 4 is 0 Å². The maximum atomic E-state index is 5.78. The Morgan fingerprint density at radius 3 is 2.64 bits per heavy atom. The molecule has 0 aromatic heterocycles. The molecule has 1 spiro atoms. The average Bonchev–Trinajstić information content (AvgIpc) is 2.89. The molecule has 2 fully saturated rings. The molecule has 3 unspecified atom stereocenters. The Morgan fingerprint density at radius 1 is 1.29 bits per heavy atom. The van der Waals surface area contributed by atoms with Gasteiger partial charge in [0.05, 0.1) is 0 Å². The summed E-state index contributed by atoms with van der Waals surface area (Å²) in [6.07, 6.45) is 8.77. The first-order chi connectivity index (χ1) is 6.68. The lowest BCUT2D eigenvalue weighted by Crippen LogP contribution is -2.11. The van der Waals surface area contributed by atoms with Gasteiger partial charge in [-0.1, -0.05) is 26.7 Å². The van der Waals surface area contributed by atoms with Gasteiger partial charge >= 0.3 is 0 Å². The Bertz CT molecular complexity index is 199. The molecule has 1 nitrogen and oxygen atoms in total. The Hall–Kier alpha value is -0.0400. The van der Waals surface area contributed by atoms with Crippen molar-refractivity contribution in [1.29, 1.82) is 0 Å². The van der Waals surface area contributed by atoms with Crippen LogP contribution in [0.4, 0.5) is 0 Å². The monoisotopic (exact) mass is 195 g/mol. The van der Waals surface area contributed by atoms with Crippen molar-refractivity contribution < 1.29 is 0 Å². The fraction of sp³-hybridized carbons (Fsp3) is 1.00. The zero-order chi connectivity index (χ0) is 10.2. The topological polar surface area (TPSA) is 26.0 Å². The molecule has 2 rings (SSSR count). The largest absolute Gasteiger partial charge is 0.330 e. The highest BCUT2D eigenvalue weighted by Gasteiger charge is 2.52. The van der Waals surface area contributed by atoms with E-state index in [4.69, 9.17) is 5.73 Å². The van der Waals surface area contributed by atoms with Gasteiger partial charge in [-0.15, -0.1) is 0 Å². The number of nitrogens with two attached hydrogens (primary N) is 1. The van der Waals surface area contributed by atoms with E-state index in [2.05, 4.69) is 13.8 Å². The summed E-state index contributed by atoms with van der Waals surface area (Å²) in [6.45, 7) is 5.71. The van der Waals surface area contributed by atoms with Gasteiger partial charge in [-0.2, -0.15) is 0 Å². The fourth-order valence-electron chi connectivity index (χ4n) is 3.50. The molecule has 0 heterocycles. The van der Waals surface area contributed by atoms with Crippen LogP contribution in [0.2, 0.25) is 0 Å². The molecule has 0 aliphatic heterocycles. The highest BCUT2D eigenvalue weighted by molar-refractivity contribution is 5.03. The minimum Gasteiger partial charge on any atom is -0.330 e. The molecule has 0 amide bonds. The molecule has 0 aromatic rings. The summed E-state index contributed by atoms with van der Waals surface area (Å²) in [7, 11) is 0. The molecule has 0 aromatic carbocycles. The summed E-state index contributed by atoms with van der Waals surface area (Å²) in [5, 5.41) is 0. The second kappa shape index (κ2) is 3.84. The fourth-order valence-corrected chi connectivity index (χ4v) is 3.50. The predicted octanol–water partition coefficient (Wildman–Crippen LogP) is 3.19. The van der Waals surface area contributed by atoms with E-state index in [1.54, 1.807) is 0 Å². The second-order valence-electron chi connectivity index (χ2n) is 5.93. The Morgan fingerprint density at radius 2 is 2.07 bits per heavy atom. The van der Waals surface area contributed by atoms with Crippen molar-refractivity contribution in [2.45, 2.75) is 52.4 Å². The molecule has 2 aliphatic rings. The summed E-state index contributed by atoms with van der Waals surface area (Å²) in [4.78, 5) is 0. The number of hydrogen-bond donors (Lipinski definition) is 1. The zero-order valence-electron chi connectivity index (χ0n) is 9.76. The van der Waals surface area contributed by atoms with Crippen LogP contribution in [-0.2, 0) is 0 Å². The lowest BCUT2D eigenvalue weighted by atomic mass is 9.87. The summed E-state index contributed by atoms with van der Waals surface area (Å²) < 4.78 is 0. The third kappa shape index (κ3) is 1.84. The maximum absolute atomic E-state index is 5.78. The smallest absolute Gasteiger partial charge is 0.00433 e. The second-order valence-corrected chi connectivity index (χ2v) is 5.93. The maximum Gasteiger partial charge on any atom is -0.00433 e. The molecule has 0 bridgehead atoms.